The van der Waals surface area contributed by atoms with Gasteiger partial charge in [0.25, 0.3) is 0 Å². The summed E-state index contributed by atoms with van der Waals surface area (Å²) < 4.78 is 5.44. The molecule has 8 heteroatoms. The number of aliphatic imine (C=N–C) groups is 1. The van der Waals surface area contributed by atoms with Crippen molar-refractivity contribution >= 4 is 29.2 Å². The second kappa shape index (κ2) is 11.4. The van der Waals surface area contributed by atoms with Gasteiger partial charge in [0.15, 0.2) is 5.96 Å². The lowest BCUT2D eigenvalue weighted by Gasteiger charge is -2.39. The smallest absolute Gasteiger partial charge is 0.226 e. The zero-order valence-corrected chi connectivity index (χ0v) is 18.7. The van der Waals surface area contributed by atoms with Crippen LogP contribution < -0.4 is 16.0 Å². The Bertz CT molecular complexity index is 702. The van der Waals surface area contributed by atoms with E-state index in [2.05, 4.69) is 34.7 Å². The number of aryl methyl sites for hydroxylation is 1. The molecule has 1 aromatic rings. The number of morpholine rings is 1. The number of rotatable bonds is 8. The molecule has 162 valence electrons. The first kappa shape index (κ1) is 23.4. The third-order valence-corrected chi connectivity index (χ3v) is 5.19. The van der Waals surface area contributed by atoms with E-state index in [9.17, 15) is 4.79 Å². The predicted octanol–water partition coefficient (Wildman–Crippen LogP) is 2.64. The molecular weight excluding hydrogens is 390 g/mol. The number of amides is 1. The van der Waals surface area contributed by atoms with Crippen molar-refractivity contribution in [3.8, 4) is 0 Å². The topological polar surface area (TPSA) is 78.0 Å². The van der Waals surface area contributed by atoms with Crippen LogP contribution in [0.2, 0.25) is 5.02 Å². The standard InChI is InChI=1S/C21H34ClN5O2/c1-5-23-20(25-15-21(3,4)27-10-12-29-13-11-27)24-9-8-19(28)26-18-7-6-16(2)14-17(18)22/h6-7,14H,5,8-13,15H2,1-4H3,(H,26,28)(H2,23,24,25). The summed E-state index contributed by atoms with van der Waals surface area (Å²) >= 11 is 6.18. The monoisotopic (exact) mass is 423 g/mol. The van der Waals surface area contributed by atoms with Gasteiger partial charge in [-0.05, 0) is 45.4 Å². The summed E-state index contributed by atoms with van der Waals surface area (Å²) in [7, 11) is 0. The second-order valence-corrected chi connectivity index (χ2v) is 8.22. The maximum Gasteiger partial charge on any atom is 0.226 e. The van der Waals surface area contributed by atoms with E-state index in [1.807, 2.05) is 32.0 Å². The highest BCUT2D eigenvalue weighted by molar-refractivity contribution is 6.33. The van der Waals surface area contributed by atoms with E-state index in [0.717, 1.165) is 44.4 Å². The van der Waals surface area contributed by atoms with Crippen LogP contribution >= 0.6 is 11.6 Å². The normalized spacial score (nSPS) is 15.8. The molecule has 1 heterocycles. The fraction of sp³-hybridized carbons (Fsp3) is 0.619. The number of carbonyl (C=O) groups is 1. The Morgan fingerprint density at radius 3 is 2.66 bits per heavy atom. The lowest BCUT2D eigenvalue weighted by Crippen LogP contribution is -2.52. The summed E-state index contributed by atoms with van der Waals surface area (Å²) in [6, 6.07) is 5.58. The summed E-state index contributed by atoms with van der Waals surface area (Å²) in [5.41, 5.74) is 1.64. The van der Waals surface area contributed by atoms with Crippen molar-refractivity contribution in [2.24, 2.45) is 4.99 Å². The minimum atomic E-state index is -0.0900. The van der Waals surface area contributed by atoms with Crippen LogP contribution in [0.3, 0.4) is 0 Å². The number of nitrogens with one attached hydrogen (secondary N) is 3. The van der Waals surface area contributed by atoms with Gasteiger partial charge in [-0.25, -0.2) is 0 Å². The highest BCUT2D eigenvalue weighted by atomic mass is 35.5. The van der Waals surface area contributed by atoms with Crippen molar-refractivity contribution in [1.29, 1.82) is 0 Å². The van der Waals surface area contributed by atoms with Gasteiger partial charge in [-0.2, -0.15) is 0 Å². The number of carbonyl (C=O) groups excluding carboxylic acids is 1. The molecule has 2 rings (SSSR count). The number of anilines is 1. The molecule has 0 spiro atoms. The molecule has 1 fully saturated rings. The van der Waals surface area contributed by atoms with Crippen molar-refractivity contribution in [3.63, 3.8) is 0 Å². The van der Waals surface area contributed by atoms with Crippen LogP contribution in [0.1, 0.15) is 32.8 Å². The van der Waals surface area contributed by atoms with E-state index in [-0.39, 0.29) is 11.4 Å². The molecule has 1 saturated heterocycles. The van der Waals surface area contributed by atoms with Crippen molar-refractivity contribution in [2.45, 2.75) is 39.7 Å². The number of ether oxygens (including phenoxy) is 1. The highest BCUT2D eigenvalue weighted by Gasteiger charge is 2.28. The average Bonchev–Trinajstić information content (AvgIpc) is 2.69. The number of benzene rings is 1. The van der Waals surface area contributed by atoms with Crippen molar-refractivity contribution in [2.75, 3.05) is 51.3 Å². The van der Waals surface area contributed by atoms with Gasteiger partial charge >= 0.3 is 0 Å². The Morgan fingerprint density at radius 1 is 1.28 bits per heavy atom. The van der Waals surface area contributed by atoms with Crippen molar-refractivity contribution in [1.82, 2.24) is 15.5 Å². The van der Waals surface area contributed by atoms with Crippen LogP contribution in [0.15, 0.2) is 23.2 Å². The number of halogens is 1. The fourth-order valence-corrected chi connectivity index (χ4v) is 3.39. The Labute approximate surface area is 179 Å². The number of hydrogen-bond donors (Lipinski definition) is 3. The van der Waals surface area contributed by atoms with Crippen LogP contribution in [0.5, 0.6) is 0 Å². The van der Waals surface area contributed by atoms with Crippen LogP contribution in [0.25, 0.3) is 0 Å². The van der Waals surface area contributed by atoms with E-state index in [4.69, 9.17) is 21.3 Å². The summed E-state index contributed by atoms with van der Waals surface area (Å²) in [4.78, 5) is 19.4. The number of nitrogens with zero attached hydrogens (tertiary/aromatic N) is 2. The fourth-order valence-electron chi connectivity index (χ4n) is 3.11. The molecule has 0 radical (unpaired) electrons. The minimum Gasteiger partial charge on any atom is -0.379 e. The van der Waals surface area contributed by atoms with Gasteiger partial charge in [0, 0.05) is 38.1 Å². The Hall–Kier alpha value is -1.83. The molecule has 0 saturated carbocycles. The molecule has 29 heavy (non-hydrogen) atoms. The maximum absolute atomic E-state index is 12.2. The molecule has 7 nitrogen and oxygen atoms in total. The maximum atomic E-state index is 12.2. The van der Waals surface area contributed by atoms with Gasteiger partial charge in [0.2, 0.25) is 5.91 Å². The molecule has 0 aliphatic carbocycles. The molecule has 1 amide bonds. The largest absolute Gasteiger partial charge is 0.379 e. The number of guanidine groups is 1. The first-order valence-electron chi connectivity index (χ1n) is 10.2. The van der Waals surface area contributed by atoms with Gasteiger partial charge in [0.05, 0.1) is 30.5 Å². The van der Waals surface area contributed by atoms with Gasteiger partial charge in [0.1, 0.15) is 0 Å². The minimum absolute atomic E-state index is 0.0499. The second-order valence-electron chi connectivity index (χ2n) is 7.82. The average molecular weight is 424 g/mol. The molecule has 0 unspecified atom stereocenters. The van der Waals surface area contributed by atoms with E-state index in [1.165, 1.54) is 0 Å². The summed E-state index contributed by atoms with van der Waals surface area (Å²) in [6.07, 6.45) is 0.321. The van der Waals surface area contributed by atoms with Crippen molar-refractivity contribution in [3.05, 3.63) is 28.8 Å². The first-order valence-corrected chi connectivity index (χ1v) is 10.6. The van der Waals surface area contributed by atoms with E-state index < -0.39 is 0 Å². The quantitative estimate of drug-likeness (QED) is 0.442. The highest BCUT2D eigenvalue weighted by Crippen LogP contribution is 2.22. The van der Waals surface area contributed by atoms with Gasteiger partial charge in [-0.1, -0.05) is 17.7 Å². The molecule has 1 aliphatic rings. The molecule has 3 N–H and O–H groups in total. The van der Waals surface area contributed by atoms with Gasteiger partial charge in [-0.15, -0.1) is 0 Å². The Kier molecular flexibility index (Phi) is 9.20. The summed E-state index contributed by atoms with van der Waals surface area (Å²) in [5.74, 6) is 0.628. The summed E-state index contributed by atoms with van der Waals surface area (Å²) in [6.45, 7) is 13.7. The Balaban J connectivity index is 1.83. The van der Waals surface area contributed by atoms with Crippen LogP contribution in [-0.2, 0) is 9.53 Å². The van der Waals surface area contributed by atoms with E-state index in [1.54, 1.807) is 0 Å². The van der Waals surface area contributed by atoms with Crippen molar-refractivity contribution < 1.29 is 9.53 Å². The SMILES string of the molecule is CCNC(=NCC(C)(C)N1CCOCC1)NCCC(=O)Nc1ccc(C)cc1Cl. The van der Waals surface area contributed by atoms with E-state index in [0.29, 0.717) is 30.2 Å². The third-order valence-electron chi connectivity index (χ3n) is 4.88. The van der Waals surface area contributed by atoms with Crippen LogP contribution in [-0.4, -0.2) is 68.2 Å². The zero-order valence-electron chi connectivity index (χ0n) is 18.0. The molecule has 1 aliphatic heterocycles. The van der Waals surface area contributed by atoms with Gasteiger partial charge < -0.3 is 20.7 Å². The van der Waals surface area contributed by atoms with E-state index >= 15 is 0 Å². The molecule has 0 bridgehead atoms. The Morgan fingerprint density at radius 2 is 2.00 bits per heavy atom. The molecular formula is C21H34ClN5O2. The van der Waals surface area contributed by atoms with Crippen LogP contribution in [0, 0.1) is 6.92 Å². The lowest BCUT2D eigenvalue weighted by atomic mass is 10.0. The molecule has 0 aromatic heterocycles. The van der Waals surface area contributed by atoms with Gasteiger partial charge in [-0.3, -0.25) is 14.7 Å². The lowest BCUT2D eigenvalue weighted by molar-refractivity contribution is -0.116. The summed E-state index contributed by atoms with van der Waals surface area (Å²) in [5, 5.41) is 9.88. The zero-order chi connectivity index (χ0) is 21.3. The van der Waals surface area contributed by atoms with Crippen LogP contribution in [0.4, 0.5) is 5.69 Å². The first-order chi connectivity index (χ1) is 13.8. The number of hydrogen-bond acceptors (Lipinski definition) is 4. The molecule has 0 atom stereocenters. The predicted molar refractivity (Wildman–Crippen MR) is 120 cm³/mol. The third kappa shape index (κ3) is 7.84. The molecule has 1 aromatic carbocycles.